The fourth-order valence-corrected chi connectivity index (χ4v) is 1.53. The van der Waals surface area contributed by atoms with Gasteiger partial charge in [-0.3, -0.25) is 4.79 Å². The SMILES string of the molecule is Cc1cccc(Cl)c1NC(=O)CN(C)C. The fourth-order valence-electron chi connectivity index (χ4n) is 1.26. The monoisotopic (exact) mass is 226 g/mol. The van der Waals surface area contributed by atoms with E-state index in [1.165, 1.54) is 0 Å². The van der Waals surface area contributed by atoms with Crippen LogP contribution >= 0.6 is 11.6 Å². The Balaban J connectivity index is 2.76. The van der Waals surface area contributed by atoms with Gasteiger partial charge in [-0.2, -0.15) is 0 Å². The quantitative estimate of drug-likeness (QED) is 0.857. The Morgan fingerprint density at radius 2 is 2.13 bits per heavy atom. The molecule has 3 nitrogen and oxygen atoms in total. The molecule has 15 heavy (non-hydrogen) atoms. The van der Waals surface area contributed by atoms with Crippen LogP contribution in [0.25, 0.3) is 0 Å². The van der Waals surface area contributed by atoms with Crippen molar-refractivity contribution in [1.29, 1.82) is 0 Å². The molecule has 0 unspecified atom stereocenters. The van der Waals surface area contributed by atoms with Crippen LogP contribution in [-0.4, -0.2) is 31.4 Å². The minimum absolute atomic E-state index is 0.0591. The number of nitrogens with one attached hydrogen (secondary N) is 1. The number of nitrogens with zero attached hydrogens (tertiary/aromatic N) is 1. The van der Waals surface area contributed by atoms with Crippen LogP contribution in [0.5, 0.6) is 0 Å². The van der Waals surface area contributed by atoms with E-state index in [1.54, 1.807) is 6.07 Å². The van der Waals surface area contributed by atoms with Crippen molar-refractivity contribution in [3.63, 3.8) is 0 Å². The predicted molar refractivity (Wildman–Crippen MR) is 63.4 cm³/mol. The van der Waals surface area contributed by atoms with Gasteiger partial charge in [-0.15, -0.1) is 0 Å². The summed E-state index contributed by atoms with van der Waals surface area (Å²) in [5.41, 5.74) is 1.67. The summed E-state index contributed by atoms with van der Waals surface area (Å²) >= 11 is 5.98. The molecule has 0 atom stereocenters. The Morgan fingerprint density at radius 3 is 2.67 bits per heavy atom. The molecule has 0 spiro atoms. The average molecular weight is 227 g/mol. The van der Waals surface area contributed by atoms with Gasteiger partial charge >= 0.3 is 0 Å². The van der Waals surface area contributed by atoms with Crippen molar-refractivity contribution in [2.45, 2.75) is 6.92 Å². The molecule has 0 saturated heterocycles. The van der Waals surface area contributed by atoms with Gasteiger partial charge in [0.1, 0.15) is 0 Å². The summed E-state index contributed by atoms with van der Waals surface area (Å²) in [6, 6.07) is 5.54. The van der Waals surface area contributed by atoms with Crippen LogP contribution in [-0.2, 0) is 4.79 Å². The summed E-state index contributed by atoms with van der Waals surface area (Å²) < 4.78 is 0. The maximum Gasteiger partial charge on any atom is 0.238 e. The van der Waals surface area contributed by atoms with Gasteiger partial charge in [0.05, 0.1) is 17.3 Å². The zero-order chi connectivity index (χ0) is 11.4. The van der Waals surface area contributed by atoms with Crippen molar-refractivity contribution < 1.29 is 4.79 Å². The highest BCUT2D eigenvalue weighted by molar-refractivity contribution is 6.33. The Kier molecular flexibility index (Phi) is 4.12. The van der Waals surface area contributed by atoms with Crippen LogP contribution in [0.2, 0.25) is 5.02 Å². The summed E-state index contributed by atoms with van der Waals surface area (Å²) in [6.07, 6.45) is 0. The molecule has 0 fully saturated rings. The van der Waals surface area contributed by atoms with Gasteiger partial charge in [-0.1, -0.05) is 23.7 Å². The van der Waals surface area contributed by atoms with E-state index in [0.29, 0.717) is 17.3 Å². The lowest BCUT2D eigenvalue weighted by atomic mass is 10.2. The maximum atomic E-state index is 11.5. The molecule has 0 aliphatic rings. The molecule has 1 N–H and O–H groups in total. The zero-order valence-electron chi connectivity index (χ0n) is 9.17. The number of anilines is 1. The molecule has 0 radical (unpaired) electrons. The van der Waals surface area contributed by atoms with Crippen molar-refractivity contribution in [2.24, 2.45) is 0 Å². The summed E-state index contributed by atoms with van der Waals surface area (Å²) in [6.45, 7) is 2.27. The highest BCUT2D eigenvalue weighted by atomic mass is 35.5. The number of amides is 1. The number of halogens is 1. The Morgan fingerprint density at radius 1 is 1.47 bits per heavy atom. The fraction of sp³-hybridized carbons (Fsp3) is 0.364. The second-order valence-corrected chi connectivity index (χ2v) is 4.12. The largest absolute Gasteiger partial charge is 0.323 e. The standard InChI is InChI=1S/C11H15ClN2O/c1-8-5-4-6-9(12)11(8)13-10(15)7-14(2)3/h4-6H,7H2,1-3H3,(H,13,15). The van der Waals surface area contributed by atoms with Gasteiger partial charge in [0.25, 0.3) is 0 Å². The topological polar surface area (TPSA) is 32.3 Å². The lowest BCUT2D eigenvalue weighted by Crippen LogP contribution is -2.27. The Bertz CT molecular complexity index is 343. The smallest absolute Gasteiger partial charge is 0.238 e. The average Bonchev–Trinajstić information content (AvgIpc) is 2.10. The number of likely N-dealkylation sites (N-methyl/N-ethyl adjacent to an activating group) is 1. The molecule has 1 rings (SSSR count). The molecule has 0 aromatic heterocycles. The Labute approximate surface area is 95.0 Å². The van der Waals surface area contributed by atoms with Crippen molar-refractivity contribution >= 4 is 23.2 Å². The first kappa shape index (κ1) is 12.0. The lowest BCUT2D eigenvalue weighted by Gasteiger charge is -2.12. The first-order chi connectivity index (χ1) is 7.00. The summed E-state index contributed by atoms with van der Waals surface area (Å²) in [4.78, 5) is 13.3. The summed E-state index contributed by atoms with van der Waals surface area (Å²) in [5, 5.41) is 3.37. The van der Waals surface area contributed by atoms with Crippen LogP contribution in [0.1, 0.15) is 5.56 Å². The van der Waals surface area contributed by atoms with E-state index in [-0.39, 0.29) is 5.91 Å². The number of benzene rings is 1. The molecule has 0 saturated carbocycles. The van der Waals surface area contributed by atoms with Gasteiger partial charge in [0.2, 0.25) is 5.91 Å². The van der Waals surface area contributed by atoms with Crippen LogP contribution in [0, 0.1) is 6.92 Å². The molecular formula is C11H15ClN2O. The zero-order valence-corrected chi connectivity index (χ0v) is 9.93. The van der Waals surface area contributed by atoms with E-state index in [0.717, 1.165) is 5.56 Å². The third-order valence-corrected chi connectivity index (χ3v) is 2.26. The first-order valence-electron chi connectivity index (χ1n) is 4.70. The van der Waals surface area contributed by atoms with E-state index in [9.17, 15) is 4.79 Å². The molecule has 1 amide bonds. The normalized spacial score (nSPS) is 10.5. The van der Waals surface area contributed by atoms with E-state index in [2.05, 4.69) is 5.32 Å². The highest BCUT2D eigenvalue weighted by Crippen LogP contribution is 2.24. The van der Waals surface area contributed by atoms with Gasteiger partial charge in [0.15, 0.2) is 0 Å². The van der Waals surface area contributed by atoms with Gasteiger partial charge in [-0.25, -0.2) is 0 Å². The third kappa shape index (κ3) is 3.53. The molecule has 1 aromatic rings. The summed E-state index contributed by atoms with van der Waals surface area (Å²) in [5.74, 6) is -0.0591. The number of hydrogen-bond acceptors (Lipinski definition) is 2. The molecule has 0 aliphatic heterocycles. The number of rotatable bonds is 3. The third-order valence-electron chi connectivity index (χ3n) is 1.95. The van der Waals surface area contributed by atoms with E-state index in [1.807, 2.05) is 38.1 Å². The van der Waals surface area contributed by atoms with E-state index >= 15 is 0 Å². The van der Waals surface area contributed by atoms with Crippen LogP contribution < -0.4 is 5.32 Å². The Hall–Kier alpha value is -1.06. The first-order valence-corrected chi connectivity index (χ1v) is 5.08. The number of carbonyl (C=O) groups excluding carboxylic acids is 1. The number of aryl methyl sites for hydroxylation is 1. The molecule has 0 aliphatic carbocycles. The molecular weight excluding hydrogens is 212 g/mol. The van der Waals surface area contributed by atoms with Crippen molar-refractivity contribution in [1.82, 2.24) is 4.90 Å². The van der Waals surface area contributed by atoms with Gasteiger partial charge in [-0.05, 0) is 32.6 Å². The summed E-state index contributed by atoms with van der Waals surface area (Å²) in [7, 11) is 3.69. The van der Waals surface area contributed by atoms with Crippen molar-refractivity contribution in [3.05, 3.63) is 28.8 Å². The lowest BCUT2D eigenvalue weighted by molar-refractivity contribution is -0.116. The number of carbonyl (C=O) groups is 1. The molecule has 1 aromatic carbocycles. The minimum atomic E-state index is -0.0591. The molecule has 4 heteroatoms. The van der Waals surface area contributed by atoms with Crippen molar-refractivity contribution in [3.8, 4) is 0 Å². The minimum Gasteiger partial charge on any atom is -0.323 e. The van der Waals surface area contributed by atoms with Crippen LogP contribution in [0.15, 0.2) is 18.2 Å². The highest BCUT2D eigenvalue weighted by Gasteiger charge is 2.08. The van der Waals surface area contributed by atoms with Crippen molar-refractivity contribution in [2.75, 3.05) is 26.0 Å². The molecule has 0 heterocycles. The van der Waals surface area contributed by atoms with Crippen LogP contribution in [0.3, 0.4) is 0 Å². The molecule has 0 bridgehead atoms. The number of hydrogen-bond donors (Lipinski definition) is 1. The second-order valence-electron chi connectivity index (χ2n) is 3.72. The van der Waals surface area contributed by atoms with Gasteiger partial charge < -0.3 is 10.2 Å². The second kappa shape index (κ2) is 5.14. The molecule has 82 valence electrons. The van der Waals surface area contributed by atoms with E-state index < -0.39 is 0 Å². The predicted octanol–water partition coefficient (Wildman–Crippen LogP) is 2.15. The van der Waals surface area contributed by atoms with Gasteiger partial charge in [0, 0.05) is 0 Å². The van der Waals surface area contributed by atoms with E-state index in [4.69, 9.17) is 11.6 Å². The van der Waals surface area contributed by atoms with Crippen LogP contribution in [0.4, 0.5) is 5.69 Å². The number of para-hydroxylation sites is 1. The maximum absolute atomic E-state index is 11.5.